The molecule has 1 saturated carbocycles. The second-order valence-corrected chi connectivity index (χ2v) is 5.90. The first kappa shape index (κ1) is 16.1. The Kier molecular flexibility index (Phi) is 5.88. The van der Waals surface area contributed by atoms with Crippen molar-refractivity contribution >= 4 is 17.5 Å². The molecule has 0 aromatic heterocycles. The number of ether oxygens (including phenoxy) is 1. The van der Waals surface area contributed by atoms with Crippen molar-refractivity contribution < 1.29 is 14.6 Å². The Hall–Kier alpha value is -1.26. The summed E-state index contributed by atoms with van der Waals surface area (Å²) in [5, 5.41) is 12.7. The molecule has 2 rings (SSSR count). The summed E-state index contributed by atoms with van der Waals surface area (Å²) in [5.41, 5.74) is 0.583. The lowest BCUT2D eigenvalue weighted by Gasteiger charge is -2.25. The summed E-state index contributed by atoms with van der Waals surface area (Å²) in [6.45, 7) is 1.52. The molecule has 0 radical (unpaired) electrons. The van der Waals surface area contributed by atoms with E-state index >= 15 is 0 Å². The highest BCUT2D eigenvalue weighted by Gasteiger charge is 2.22. The Labute approximate surface area is 130 Å². The molecule has 0 heterocycles. The van der Waals surface area contributed by atoms with Crippen molar-refractivity contribution in [1.82, 2.24) is 5.32 Å². The first-order valence-corrected chi connectivity index (χ1v) is 7.85. The standard InChI is InChI=1S/C16H22ClNO3/c1-11(16(20)18-13-7-3-2-4-8-13)21-15-12(10-19)6-5-9-14(15)17/h5-6,9,11,13,19H,2-4,7-8,10H2,1H3,(H,18,20). The summed E-state index contributed by atoms with van der Waals surface area (Å²) < 4.78 is 5.67. The number of hydrogen-bond donors (Lipinski definition) is 2. The third-order valence-electron chi connectivity index (χ3n) is 3.83. The first-order valence-electron chi connectivity index (χ1n) is 7.47. The van der Waals surface area contributed by atoms with E-state index in [9.17, 15) is 9.90 Å². The van der Waals surface area contributed by atoms with Crippen LogP contribution in [0.3, 0.4) is 0 Å². The zero-order chi connectivity index (χ0) is 15.2. The van der Waals surface area contributed by atoms with Crippen molar-refractivity contribution in [2.75, 3.05) is 0 Å². The minimum Gasteiger partial charge on any atom is -0.479 e. The predicted molar refractivity (Wildman–Crippen MR) is 82.5 cm³/mol. The van der Waals surface area contributed by atoms with Gasteiger partial charge in [0, 0.05) is 11.6 Å². The van der Waals surface area contributed by atoms with Gasteiger partial charge in [-0.3, -0.25) is 4.79 Å². The monoisotopic (exact) mass is 311 g/mol. The lowest BCUT2D eigenvalue weighted by Crippen LogP contribution is -2.43. The Morgan fingerprint density at radius 2 is 2.14 bits per heavy atom. The van der Waals surface area contributed by atoms with E-state index in [4.69, 9.17) is 16.3 Å². The SMILES string of the molecule is CC(Oc1c(Cl)cccc1CO)C(=O)NC1CCCCC1. The molecule has 0 saturated heterocycles. The minimum atomic E-state index is -0.642. The lowest BCUT2D eigenvalue weighted by atomic mass is 9.95. The number of aliphatic hydroxyl groups excluding tert-OH is 1. The van der Waals surface area contributed by atoms with Crippen molar-refractivity contribution in [1.29, 1.82) is 0 Å². The van der Waals surface area contributed by atoms with Crippen LogP contribution < -0.4 is 10.1 Å². The van der Waals surface area contributed by atoms with E-state index in [-0.39, 0.29) is 18.6 Å². The van der Waals surface area contributed by atoms with E-state index in [1.54, 1.807) is 25.1 Å². The molecule has 1 aromatic rings. The van der Waals surface area contributed by atoms with Crippen LogP contribution in [0.1, 0.15) is 44.6 Å². The van der Waals surface area contributed by atoms with Crippen molar-refractivity contribution in [2.45, 2.75) is 57.8 Å². The molecule has 1 atom stereocenters. The number of benzene rings is 1. The van der Waals surface area contributed by atoms with Crippen LogP contribution in [0.4, 0.5) is 0 Å². The number of hydrogen-bond acceptors (Lipinski definition) is 3. The third kappa shape index (κ3) is 4.35. The molecule has 1 aliphatic carbocycles. The van der Waals surface area contributed by atoms with Gasteiger partial charge in [-0.05, 0) is 25.8 Å². The molecule has 2 N–H and O–H groups in total. The maximum Gasteiger partial charge on any atom is 0.260 e. The van der Waals surface area contributed by atoms with E-state index in [1.165, 1.54) is 19.3 Å². The molecule has 116 valence electrons. The highest BCUT2D eigenvalue weighted by atomic mass is 35.5. The molecule has 1 fully saturated rings. The molecule has 21 heavy (non-hydrogen) atoms. The Morgan fingerprint density at radius 3 is 2.81 bits per heavy atom. The molecule has 1 aromatic carbocycles. The third-order valence-corrected chi connectivity index (χ3v) is 4.13. The van der Waals surface area contributed by atoms with Crippen LogP contribution in [0.5, 0.6) is 5.75 Å². The van der Waals surface area contributed by atoms with Crippen LogP contribution in [0.15, 0.2) is 18.2 Å². The van der Waals surface area contributed by atoms with Crippen LogP contribution in [0.2, 0.25) is 5.02 Å². The summed E-state index contributed by atoms with van der Waals surface area (Å²) in [4.78, 5) is 12.2. The van der Waals surface area contributed by atoms with Crippen molar-refractivity contribution in [3.8, 4) is 5.75 Å². The van der Waals surface area contributed by atoms with Crippen molar-refractivity contribution in [2.24, 2.45) is 0 Å². The molecule has 0 bridgehead atoms. The van der Waals surface area contributed by atoms with E-state index < -0.39 is 6.10 Å². The molecular formula is C16H22ClNO3. The summed E-state index contributed by atoms with van der Waals surface area (Å²) in [5.74, 6) is 0.249. The van der Waals surface area contributed by atoms with E-state index in [0.29, 0.717) is 16.3 Å². The Morgan fingerprint density at radius 1 is 1.43 bits per heavy atom. The van der Waals surface area contributed by atoms with Crippen molar-refractivity contribution in [3.63, 3.8) is 0 Å². The average Bonchev–Trinajstić information content (AvgIpc) is 2.50. The molecule has 0 aliphatic heterocycles. The van der Waals surface area contributed by atoms with Gasteiger partial charge in [-0.2, -0.15) is 0 Å². The fourth-order valence-corrected chi connectivity index (χ4v) is 2.84. The summed E-state index contributed by atoms with van der Waals surface area (Å²) in [7, 11) is 0. The summed E-state index contributed by atoms with van der Waals surface area (Å²) >= 11 is 6.08. The molecule has 1 amide bonds. The summed E-state index contributed by atoms with van der Waals surface area (Å²) in [6, 6.07) is 5.41. The minimum absolute atomic E-state index is 0.134. The molecule has 5 heteroatoms. The number of carbonyl (C=O) groups excluding carboxylic acids is 1. The second kappa shape index (κ2) is 7.66. The maximum absolute atomic E-state index is 12.2. The van der Waals surface area contributed by atoms with Gasteiger partial charge in [0.1, 0.15) is 5.75 Å². The van der Waals surface area contributed by atoms with Gasteiger partial charge in [-0.1, -0.05) is 43.0 Å². The van der Waals surface area contributed by atoms with Gasteiger partial charge in [-0.25, -0.2) is 0 Å². The van der Waals surface area contributed by atoms with Gasteiger partial charge < -0.3 is 15.2 Å². The number of para-hydroxylation sites is 1. The normalized spacial score (nSPS) is 17.3. The topological polar surface area (TPSA) is 58.6 Å². The van der Waals surface area contributed by atoms with Gasteiger partial charge in [0.15, 0.2) is 6.10 Å². The molecule has 0 spiro atoms. The predicted octanol–water partition coefficient (Wildman–Crippen LogP) is 3.05. The largest absolute Gasteiger partial charge is 0.479 e. The van der Waals surface area contributed by atoms with Gasteiger partial charge in [0.05, 0.1) is 11.6 Å². The zero-order valence-corrected chi connectivity index (χ0v) is 13.0. The number of nitrogens with one attached hydrogen (secondary N) is 1. The number of carbonyl (C=O) groups is 1. The quantitative estimate of drug-likeness (QED) is 0.878. The Bertz CT molecular complexity index is 486. The van der Waals surface area contributed by atoms with Gasteiger partial charge in [-0.15, -0.1) is 0 Å². The average molecular weight is 312 g/mol. The summed E-state index contributed by atoms with van der Waals surface area (Å²) in [6.07, 6.45) is 5.01. The molecular weight excluding hydrogens is 290 g/mol. The van der Waals surface area contributed by atoms with Crippen molar-refractivity contribution in [3.05, 3.63) is 28.8 Å². The van der Waals surface area contributed by atoms with Crippen LogP contribution in [0.25, 0.3) is 0 Å². The second-order valence-electron chi connectivity index (χ2n) is 5.49. The van der Waals surface area contributed by atoms with Crippen LogP contribution >= 0.6 is 11.6 Å². The first-order chi connectivity index (χ1) is 10.1. The number of rotatable bonds is 5. The Balaban J connectivity index is 1.97. The highest BCUT2D eigenvalue weighted by Crippen LogP contribution is 2.29. The van der Waals surface area contributed by atoms with Crippen LogP contribution in [-0.4, -0.2) is 23.2 Å². The highest BCUT2D eigenvalue weighted by molar-refractivity contribution is 6.32. The lowest BCUT2D eigenvalue weighted by molar-refractivity contribution is -0.128. The van der Waals surface area contributed by atoms with E-state index in [1.807, 2.05) is 0 Å². The fraction of sp³-hybridized carbons (Fsp3) is 0.562. The van der Waals surface area contributed by atoms with E-state index in [0.717, 1.165) is 12.8 Å². The van der Waals surface area contributed by atoms with E-state index in [2.05, 4.69) is 5.32 Å². The number of aliphatic hydroxyl groups is 1. The number of halogens is 1. The number of amides is 1. The van der Waals surface area contributed by atoms with Gasteiger partial charge in [0.2, 0.25) is 0 Å². The maximum atomic E-state index is 12.2. The van der Waals surface area contributed by atoms with Crippen LogP contribution in [-0.2, 0) is 11.4 Å². The molecule has 4 nitrogen and oxygen atoms in total. The van der Waals surface area contributed by atoms with Gasteiger partial charge in [0.25, 0.3) is 5.91 Å². The molecule has 1 aliphatic rings. The molecule has 1 unspecified atom stereocenters. The zero-order valence-electron chi connectivity index (χ0n) is 12.3. The van der Waals surface area contributed by atoms with Gasteiger partial charge >= 0.3 is 0 Å². The van der Waals surface area contributed by atoms with Crippen LogP contribution in [0, 0.1) is 0 Å². The smallest absolute Gasteiger partial charge is 0.260 e. The fourth-order valence-electron chi connectivity index (χ4n) is 2.61.